The third-order valence-corrected chi connectivity index (χ3v) is 0.876. The predicted molar refractivity (Wildman–Crippen MR) is 44.1 cm³/mol. The van der Waals surface area contributed by atoms with Crippen molar-refractivity contribution in [3.05, 3.63) is 24.4 Å². The molecule has 0 unspecified atom stereocenters. The van der Waals surface area contributed by atoms with Gasteiger partial charge in [-0.25, -0.2) is 4.79 Å². The summed E-state index contributed by atoms with van der Waals surface area (Å²) in [7, 11) is 0. The van der Waals surface area contributed by atoms with E-state index in [0.29, 0.717) is 6.61 Å². The van der Waals surface area contributed by atoms with Crippen molar-refractivity contribution in [1.82, 2.24) is 5.32 Å². The molecule has 0 aliphatic carbocycles. The van der Waals surface area contributed by atoms with Crippen LogP contribution in [0.25, 0.3) is 0 Å². The lowest BCUT2D eigenvalue weighted by Gasteiger charge is -1.97. The van der Waals surface area contributed by atoms with E-state index in [2.05, 4.69) is 10.1 Å². The van der Waals surface area contributed by atoms with Crippen LogP contribution in [0.1, 0.15) is 13.8 Å². The van der Waals surface area contributed by atoms with Crippen LogP contribution in [-0.2, 0) is 4.74 Å². The highest BCUT2D eigenvalue weighted by atomic mass is 16.5. The summed E-state index contributed by atoms with van der Waals surface area (Å²) in [5, 5.41) is 2.43. The van der Waals surface area contributed by atoms with Gasteiger partial charge in [0.25, 0.3) is 0 Å². The van der Waals surface area contributed by atoms with Crippen LogP contribution in [-0.4, -0.2) is 12.7 Å². The Hall–Kier alpha value is -1.25. The number of ether oxygens (including phenoxy) is 1. The second-order valence-electron chi connectivity index (χ2n) is 1.75. The standard InChI is InChI=1S/C8H13NO2/c1-3-5-6-7-9-8(10)11-4-2/h3,5-7H,4H2,1-2H3,(H,9,10)/b5-3+,7-6+. The van der Waals surface area contributed by atoms with E-state index >= 15 is 0 Å². The first-order chi connectivity index (χ1) is 5.31. The summed E-state index contributed by atoms with van der Waals surface area (Å²) in [6.45, 7) is 4.05. The van der Waals surface area contributed by atoms with E-state index in [9.17, 15) is 4.79 Å². The van der Waals surface area contributed by atoms with Crippen molar-refractivity contribution in [3.63, 3.8) is 0 Å². The van der Waals surface area contributed by atoms with Crippen molar-refractivity contribution in [3.8, 4) is 0 Å². The van der Waals surface area contributed by atoms with Gasteiger partial charge >= 0.3 is 6.09 Å². The first-order valence-electron chi connectivity index (χ1n) is 3.52. The molecule has 0 spiro atoms. The third kappa shape index (κ3) is 6.64. The minimum atomic E-state index is -0.423. The van der Waals surface area contributed by atoms with Gasteiger partial charge in [0.15, 0.2) is 0 Å². The molecule has 3 nitrogen and oxygen atoms in total. The zero-order valence-corrected chi connectivity index (χ0v) is 6.83. The first kappa shape index (κ1) is 9.75. The van der Waals surface area contributed by atoms with E-state index in [4.69, 9.17) is 0 Å². The maximum absolute atomic E-state index is 10.6. The van der Waals surface area contributed by atoms with Crippen molar-refractivity contribution in [2.24, 2.45) is 0 Å². The van der Waals surface area contributed by atoms with E-state index < -0.39 is 6.09 Å². The number of carbonyl (C=O) groups is 1. The van der Waals surface area contributed by atoms with Gasteiger partial charge in [-0.3, -0.25) is 5.32 Å². The van der Waals surface area contributed by atoms with E-state index in [-0.39, 0.29) is 0 Å². The number of amides is 1. The Bertz CT molecular complexity index is 161. The number of allylic oxidation sites excluding steroid dienone is 3. The molecule has 0 fully saturated rings. The summed E-state index contributed by atoms with van der Waals surface area (Å²) in [4.78, 5) is 10.6. The highest BCUT2D eigenvalue weighted by Crippen LogP contribution is 1.77. The van der Waals surface area contributed by atoms with Crippen molar-refractivity contribution in [2.45, 2.75) is 13.8 Å². The molecule has 1 N–H and O–H groups in total. The van der Waals surface area contributed by atoms with Gasteiger partial charge in [-0.05, 0) is 19.9 Å². The molecule has 0 aromatic rings. The molecule has 0 rings (SSSR count). The first-order valence-corrected chi connectivity index (χ1v) is 3.52. The normalized spacial score (nSPS) is 10.7. The largest absolute Gasteiger partial charge is 0.450 e. The summed E-state index contributed by atoms with van der Waals surface area (Å²) < 4.78 is 4.60. The van der Waals surface area contributed by atoms with Crippen LogP contribution in [0.2, 0.25) is 0 Å². The second kappa shape index (κ2) is 6.86. The molecule has 0 saturated carbocycles. The molecule has 0 heterocycles. The topological polar surface area (TPSA) is 38.3 Å². The predicted octanol–water partition coefficient (Wildman–Crippen LogP) is 1.82. The highest BCUT2D eigenvalue weighted by molar-refractivity contribution is 5.68. The molecule has 0 aromatic heterocycles. The number of rotatable bonds is 3. The van der Waals surface area contributed by atoms with Crippen molar-refractivity contribution in [2.75, 3.05) is 6.61 Å². The van der Waals surface area contributed by atoms with Gasteiger partial charge in [-0.1, -0.05) is 12.2 Å². The van der Waals surface area contributed by atoms with Crippen LogP contribution in [0.4, 0.5) is 4.79 Å². The minimum Gasteiger partial charge on any atom is -0.450 e. The Morgan fingerprint density at radius 3 is 2.82 bits per heavy atom. The Labute approximate surface area is 66.7 Å². The lowest BCUT2D eigenvalue weighted by Crippen LogP contribution is -2.17. The van der Waals surface area contributed by atoms with Gasteiger partial charge in [0.1, 0.15) is 0 Å². The molecule has 11 heavy (non-hydrogen) atoms. The molecule has 0 aliphatic rings. The Balaban J connectivity index is 3.44. The molecule has 0 atom stereocenters. The molecule has 0 aliphatic heterocycles. The highest BCUT2D eigenvalue weighted by Gasteiger charge is 1.92. The maximum atomic E-state index is 10.6. The molecule has 62 valence electrons. The van der Waals surface area contributed by atoms with Gasteiger partial charge < -0.3 is 4.74 Å². The monoisotopic (exact) mass is 155 g/mol. The average molecular weight is 155 g/mol. The molecular weight excluding hydrogens is 142 g/mol. The van der Waals surface area contributed by atoms with E-state index in [1.807, 2.05) is 19.1 Å². The molecule has 0 aromatic carbocycles. The van der Waals surface area contributed by atoms with Crippen molar-refractivity contribution >= 4 is 6.09 Å². The second-order valence-corrected chi connectivity index (χ2v) is 1.75. The number of alkyl carbamates (subject to hydrolysis) is 1. The fourth-order valence-electron chi connectivity index (χ4n) is 0.456. The van der Waals surface area contributed by atoms with Gasteiger partial charge in [-0.15, -0.1) is 0 Å². The molecular formula is C8H13NO2. The smallest absolute Gasteiger partial charge is 0.411 e. The van der Waals surface area contributed by atoms with Crippen LogP contribution in [0.15, 0.2) is 24.4 Å². The van der Waals surface area contributed by atoms with Crippen LogP contribution in [0.3, 0.4) is 0 Å². The number of carbonyl (C=O) groups excluding carboxylic acids is 1. The Kier molecular flexibility index (Phi) is 6.08. The summed E-state index contributed by atoms with van der Waals surface area (Å²) in [6.07, 6.45) is 6.50. The Morgan fingerprint density at radius 2 is 2.27 bits per heavy atom. The Morgan fingerprint density at radius 1 is 1.55 bits per heavy atom. The van der Waals surface area contributed by atoms with Gasteiger partial charge in [0.05, 0.1) is 6.61 Å². The van der Waals surface area contributed by atoms with Crippen LogP contribution < -0.4 is 5.32 Å². The number of nitrogens with one attached hydrogen (secondary N) is 1. The lowest BCUT2D eigenvalue weighted by molar-refractivity contribution is 0.156. The maximum Gasteiger partial charge on any atom is 0.411 e. The molecule has 0 radical (unpaired) electrons. The van der Waals surface area contributed by atoms with Crippen LogP contribution in [0.5, 0.6) is 0 Å². The molecule has 1 amide bonds. The lowest BCUT2D eigenvalue weighted by atomic mass is 10.5. The van der Waals surface area contributed by atoms with E-state index in [1.54, 1.807) is 13.0 Å². The summed E-state index contributed by atoms with van der Waals surface area (Å²) in [5.74, 6) is 0. The van der Waals surface area contributed by atoms with Crippen molar-refractivity contribution < 1.29 is 9.53 Å². The minimum absolute atomic E-state index is 0.392. The van der Waals surface area contributed by atoms with Gasteiger partial charge in [-0.2, -0.15) is 0 Å². The third-order valence-electron chi connectivity index (χ3n) is 0.876. The SMILES string of the molecule is C/C=C/C=C/NC(=O)OCC. The molecule has 3 heteroatoms. The fourth-order valence-corrected chi connectivity index (χ4v) is 0.456. The average Bonchev–Trinajstić information content (AvgIpc) is 1.99. The zero-order valence-electron chi connectivity index (χ0n) is 6.83. The summed E-state index contributed by atoms with van der Waals surface area (Å²) in [5.41, 5.74) is 0. The van der Waals surface area contributed by atoms with Gasteiger partial charge in [0, 0.05) is 6.20 Å². The zero-order chi connectivity index (χ0) is 8.53. The quantitative estimate of drug-likeness (QED) is 0.631. The van der Waals surface area contributed by atoms with Crippen LogP contribution in [0, 0.1) is 0 Å². The van der Waals surface area contributed by atoms with Gasteiger partial charge in [0.2, 0.25) is 0 Å². The summed E-state index contributed by atoms with van der Waals surface area (Å²) in [6, 6.07) is 0. The van der Waals surface area contributed by atoms with E-state index in [1.165, 1.54) is 6.20 Å². The fraction of sp³-hybridized carbons (Fsp3) is 0.375. The van der Waals surface area contributed by atoms with E-state index in [0.717, 1.165) is 0 Å². The van der Waals surface area contributed by atoms with Crippen molar-refractivity contribution in [1.29, 1.82) is 0 Å². The molecule has 0 saturated heterocycles. The summed E-state index contributed by atoms with van der Waals surface area (Å²) >= 11 is 0. The number of hydrogen-bond acceptors (Lipinski definition) is 2. The number of hydrogen-bond donors (Lipinski definition) is 1. The molecule has 0 bridgehead atoms. The van der Waals surface area contributed by atoms with Crippen LogP contribution >= 0.6 is 0 Å².